The number of nitrogens with two attached hydrogens (primary N) is 1. The Hall–Kier alpha value is -0.870. The molecule has 0 aliphatic carbocycles. The number of aryl methyl sites for hydroxylation is 2. The van der Waals surface area contributed by atoms with Gasteiger partial charge in [0.05, 0.1) is 11.7 Å². The molecule has 0 spiro atoms. The van der Waals surface area contributed by atoms with Gasteiger partial charge in [0.2, 0.25) is 0 Å². The Kier molecular flexibility index (Phi) is 5.22. The summed E-state index contributed by atoms with van der Waals surface area (Å²) in [7, 11) is 1.99. The van der Waals surface area contributed by atoms with E-state index < -0.39 is 0 Å². The number of rotatable bonds is 4. The monoisotopic (exact) mass is 278 g/mol. The number of hydrogen-bond donors (Lipinski definition) is 1. The third-order valence-electron chi connectivity index (χ3n) is 4.82. The van der Waals surface area contributed by atoms with Gasteiger partial charge < -0.3 is 5.73 Å². The van der Waals surface area contributed by atoms with Gasteiger partial charge in [-0.1, -0.05) is 13.8 Å². The molecule has 4 heteroatoms. The zero-order valence-electron chi connectivity index (χ0n) is 13.5. The summed E-state index contributed by atoms with van der Waals surface area (Å²) < 4.78 is 1.90. The lowest BCUT2D eigenvalue weighted by molar-refractivity contribution is 0.203. The molecule has 0 saturated carbocycles. The molecule has 2 rings (SSSR count). The molecule has 1 saturated heterocycles. The number of likely N-dealkylation sites (tertiary alicyclic amines) is 1. The van der Waals surface area contributed by atoms with Crippen molar-refractivity contribution in [1.82, 2.24) is 14.7 Å². The van der Waals surface area contributed by atoms with Crippen molar-refractivity contribution in [3.8, 4) is 0 Å². The summed E-state index contributed by atoms with van der Waals surface area (Å²) in [4.78, 5) is 2.58. The van der Waals surface area contributed by atoms with Crippen LogP contribution in [-0.2, 0) is 7.05 Å². The van der Waals surface area contributed by atoms with Crippen molar-refractivity contribution in [1.29, 1.82) is 0 Å². The van der Waals surface area contributed by atoms with Gasteiger partial charge in [-0.05, 0) is 51.1 Å². The summed E-state index contributed by atoms with van der Waals surface area (Å²) in [6.07, 6.45) is 6.08. The predicted molar refractivity (Wildman–Crippen MR) is 83.5 cm³/mol. The summed E-state index contributed by atoms with van der Waals surface area (Å²) in [5.74, 6) is 1.67. The van der Waals surface area contributed by atoms with Gasteiger partial charge in [0.25, 0.3) is 0 Å². The average Bonchev–Trinajstić information content (AvgIpc) is 2.62. The minimum absolute atomic E-state index is 0.328. The highest BCUT2D eigenvalue weighted by molar-refractivity contribution is 5.20. The molecule has 20 heavy (non-hydrogen) atoms. The molecule has 114 valence electrons. The summed E-state index contributed by atoms with van der Waals surface area (Å²) >= 11 is 0. The molecule has 1 aromatic heterocycles. The Labute approximate surface area is 123 Å². The molecular formula is C16H30N4. The van der Waals surface area contributed by atoms with Crippen LogP contribution in [-0.4, -0.2) is 34.3 Å². The normalized spacial score (nSPS) is 23.0. The number of aromatic nitrogens is 2. The SMILES string of the molecule is Cc1nn(C)cc1C(CN)N1CCCC(C(C)C)CC1. The van der Waals surface area contributed by atoms with Crippen LogP contribution in [0.5, 0.6) is 0 Å². The first-order valence-electron chi connectivity index (χ1n) is 7.97. The van der Waals surface area contributed by atoms with Crippen molar-refractivity contribution >= 4 is 0 Å². The van der Waals surface area contributed by atoms with E-state index in [9.17, 15) is 0 Å². The van der Waals surface area contributed by atoms with Crippen molar-refractivity contribution in [3.05, 3.63) is 17.5 Å². The van der Waals surface area contributed by atoms with Gasteiger partial charge in [0.15, 0.2) is 0 Å². The van der Waals surface area contributed by atoms with E-state index in [1.807, 2.05) is 11.7 Å². The molecule has 1 aliphatic heterocycles. The zero-order chi connectivity index (χ0) is 14.7. The van der Waals surface area contributed by atoms with E-state index in [4.69, 9.17) is 5.73 Å². The molecule has 0 bridgehead atoms. The van der Waals surface area contributed by atoms with E-state index in [1.165, 1.54) is 37.9 Å². The Bertz CT molecular complexity index is 424. The topological polar surface area (TPSA) is 47.1 Å². The van der Waals surface area contributed by atoms with Crippen LogP contribution in [0, 0.1) is 18.8 Å². The van der Waals surface area contributed by atoms with Crippen molar-refractivity contribution < 1.29 is 0 Å². The second-order valence-electron chi connectivity index (χ2n) is 6.57. The van der Waals surface area contributed by atoms with Crippen molar-refractivity contribution in [2.45, 2.75) is 46.1 Å². The fourth-order valence-corrected chi connectivity index (χ4v) is 3.54. The second-order valence-corrected chi connectivity index (χ2v) is 6.57. The van der Waals surface area contributed by atoms with Gasteiger partial charge >= 0.3 is 0 Å². The van der Waals surface area contributed by atoms with Gasteiger partial charge in [0.1, 0.15) is 0 Å². The van der Waals surface area contributed by atoms with E-state index in [0.717, 1.165) is 17.5 Å². The minimum Gasteiger partial charge on any atom is -0.329 e. The first-order valence-corrected chi connectivity index (χ1v) is 7.97. The smallest absolute Gasteiger partial charge is 0.0641 e. The molecule has 2 heterocycles. The molecule has 1 aliphatic rings. The van der Waals surface area contributed by atoms with Crippen molar-refractivity contribution in [2.75, 3.05) is 19.6 Å². The highest BCUT2D eigenvalue weighted by atomic mass is 15.3. The van der Waals surface area contributed by atoms with Gasteiger partial charge in [-0.2, -0.15) is 5.10 Å². The molecule has 0 amide bonds. The molecule has 1 fully saturated rings. The van der Waals surface area contributed by atoms with E-state index in [2.05, 4.69) is 37.0 Å². The quantitative estimate of drug-likeness (QED) is 0.920. The van der Waals surface area contributed by atoms with Crippen molar-refractivity contribution in [2.24, 2.45) is 24.6 Å². The highest BCUT2D eigenvalue weighted by Crippen LogP contribution is 2.29. The summed E-state index contributed by atoms with van der Waals surface area (Å²) in [6, 6.07) is 0.328. The molecule has 1 aromatic rings. The maximum Gasteiger partial charge on any atom is 0.0641 e. The van der Waals surface area contributed by atoms with E-state index >= 15 is 0 Å². The standard InChI is InChI=1S/C16H30N4/c1-12(2)14-6-5-8-20(9-7-14)16(10-17)15-11-19(4)18-13(15)3/h11-12,14,16H,5-10,17H2,1-4H3. The maximum absolute atomic E-state index is 6.08. The van der Waals surface area contributed by atoms with Crippen LogP contribution in [0.3, 0.4) is 0 Å². The average molecular weight is 278 g/mol. The zero-order valence-corrected chi connectivity index (χ0v) is 13.5. The molecular weight excluding hydrogens is 248 g/mol. The maximum atomic E-state index is 6.08. The lowest BCUT2D eigenvalue weighted by Crippen LogP contribution is -2.35. The van der Waals surface area contributed by atoms with Gasteiger partial charge in [0, 0.05) is 25.4 Å². The lowest BCUT2D eigenvalue weighted by Gasteiger charge is -2.29. The largest absolute Gasteiger partial charge is 0.329 e. The fraction of sp³-hybridized carbons (Fsp3) is 0.812. The van der Waals surface area contributed by atoms with E-state index in [-0.39, 0.29) is 0 Å². The second kappa shape index (κ2) is 6.72. The summed E-state index contributed by atoms with van der Waals surface area (Å²) in [6.45, 7) is 9.81. The summed E-state index contributed by atoms with van der Waals surface area (Å²) in [5, 5.41) is 4.48. The minimum atomic E-state index is 0.328. The van der Waals surface area contributed by atoms with Crippen molar-refractivity contribution in [3.63, 3.8) is 0 Å². The first-order chi connectivity index (χ1) is 9.52. The summed E-state index contributed by atoms with van der Waals surface area (Å²) in [5.41, 5.74) is 8.50. The van der Waals surface area contributed by atoms with Crippen LogP contribution in [0.2, 0.25) is 0 Å². The Morgan fingerprint density at radius 3 is 2.65 bits per heavy atom. The van der Waals surface area contributed by atoms with Crippen LogP contribution in [0.4, 0.5) is 0 Å². The van der Waals surface area contributed by atoms with E-state index in [1.54, 1.807) is 0 Å². The van der Waals surface area contributed by atoms with Gasteiger partial charge in [-0.15, -0.1) is 0 Å². The first kappa shape index (κ1) is 15.5. The predicted octanol–water partition coefficient (Wildman–Crippen LogP) is 2.49. The number of nitrogens with zero attached hydrogens (tertiary/aromatic N) is 3. The van der Waals surface area contributed by atoms with Crippen LogP contribution in [0.25, 0.3) is 0 Å². The van der Waals surface area contributed by atoms with Crippen LogP contribution >= 0.6 is 0 Å². The van der Waals surface area contributed by atoms with E-state index in [0.29, 0.717) is 12.6 Å². The third-order valence-corrected chi connectivity index (χ3v) is 4.82. The molecule has 4 nitrogen and oxygen atoms in total. The van der Waals surface area contributed by atoms with Gasteiger partial charge in [-0.25, -0.2) is 0 Å². The molecule has 0 radical (unpaired) electrons. The third kappa shape index (κ3) is 3.41. The molecule has 2 atom stereocenters. The number of hydrogen-bond acceptors (Lipinski definition) is 3. The molecule has 2 N–H and O–H groups in total. The van der Waals surface area contributed by atoms with Gasteiger partial charge in [-0.3, -0.25) is 9.58 Å². The Balaban J connectivity index is 2.10. The molecule has 0 aromatic carbocycles. The van der Waals surface area contributed by atoms with Crippen LogP contribution < -0.4 is 5.73 Å². The Morgan fingerprint density at radius 1 is 1.35 bits per heavy atom. The molecule has 2 unspecified atom stereocenters. The van der Waals surface area contributed by atoms with Crippen LogP contribution in [0.1, 0.15) is 50.4 Å². The lowest BCUT2D eigenvalue weighted by atomic mass is 9.89. The fourth-order valence-electron chi connectivity index (χ4n) is 3.54. The highest BCUT2D eigenvalue weighted by Gasteiger charge is 2.26. The Morgan fingerprint density at radius 2 is 2.10 bits per heavy atom. The van der Waals surface area contributed by atoms with Crippen LogP contribution in [0.15, 0.2) is 6.20 Å².